The summed E-state index contributed by atoms with van der Waals surface area (Å²) in [5.41, 5.74) is -0.408. The highest BCUT2D eigenvalue weighted by Crippen LogP contribution is 2.28. The molecule has 0 bridgehead atoms. The summed E-state index contributed by atoms with van der Waals surface area (Å²) in [7, 11) is 0. The summed E-state index contributed by atoms with van der Waals surface area (Å²) in [6.45, 7) is 8.98. The molecule has 1 saturated carbocycles. The Labute approximate surface area is 110 Å². The van der Waals surface area contributed by atoms with Gasteiger partial charge >= 0.3 is 6.09 Å². The van der Waals surface area contributed by atoms with Crippen LogP contribution >= 0.6 is 0 Å². The van der Waals surface area contributed by atoms with E-state index in [1.54, 1.807) is 0 Å². The highest BCUT2D eigenvalue weighted by molar-refractivity contribution is 5.68. The highest BCUT2D eigenvalue weighted by atomic mass is 16.6. The number of nitrogens with zero attached hydrogens (tertiary/aromatic N) is 1. The molecule has 4 heteroatoms. The van der Waals surface area contributed by atoms with Crippen molar-refractivity contribution >= 4 is 6.09 Å². The van der Waals surface area contributed by atoms with E-state index in [9.17, 15) is 4.79 Å². The Morgan fingerprint density at radius 2 is 2.06 bits per heavy atom. The van der Waals surface area contributed by atoms with E-state index in [4.69, 9.17) is 4.74 Å². The van der Waals surface area contributed by atoms with Crippen LogP contribution in [0.2, 0.25) is 0 Å². The lowest BCUT2D eigenvalue weighted by atomic mass is 9.85. The van der Waals surface area contributed by atoms with Crippen LogP contribution in [0.3, 0.4) is 0 Å². The molecule has 0 aromatic heterocycles. The summed E-state index contributed by atoms with van der Waals surface area (Å²) < 4.78 is 5.28. The molecule has 0 spiro atoms. The molecular formula is C14H26N2O2. The second kappa shape index (κ2) is 5.47. The minimum absolute atomic E-state index is 0.264. The van der Waals surface area contributed by atoms with Crippen molar-refractivity contribution in [3.63, 3.8) is 0 Å². The van der Waals surface area contributed by atoms with Gasteiger partial charge in [-0.05, 0) is 46.0 Å². The second-order valence-electron chi connectivity index (χ2n) is 6.69. The first-order valence-corrected chi connectivity index (χ1v) is 7.14. The maximum absolute atomic E-state index is 11.7. The van der Waals surface area contributed by atoms with Crippen LogP contribution in [0.25, 0.3) is 0 Å². The fourth-order valence-electron chi connectivity index (χ4n) is 2.63. The molecule has 0 aromatic rings. The first kappa shape index (κ1) is 13.7. The van der Waals surface area contributed by atoms with Crippen LogP contribution < -0.4 is 5.32 Å². The van der Waals surface area contributed by atoms with Crippen molar-refractivity contribution < 1.29 is 9.53 Å². The number of amides is 1. The van der Waals surface area contributed by atoms with E-state index < -0.39 is 5.60 Å². The van der Waals surface area contributed by atoms with E-state index in [-0.39, 0.29) is 12.1 Å². The number of hydrogen-bond acceptors (Lipinski definition) is 3. The number of alkyl carbamates (subject to hydrolysis) is 1. The molecule has 2 aliphatic rings. The van der Waals surface area contributed by atoms with Crippen LogP contribution in [-0.2, 0) is 4.74 Å². The van der Waals surface area contributed by atoms with Crippen LogP contribution in [0.15, 0.2) is 0 Å². The Morgan fingerprint density at radius 1 is 1.33 bits per heavy atom. The van der Waals surface area contributed by atoms with Crippen molar-refractivity contribution in [2.24, 2.45) is 5.92 Å². The first-order chi connectivity index (χ1) is 8.42. The van der Waals surface area contributed by atoms with Gasteiger partial charge in [-0.3, -0.25) is 0 Å². The van der Waals surface area contributed by atoms with Gasteiger partial charge in [0.1, 0.15) is 5.60 Å². The quantitative estimate of drug-likeness (QED) is 0.841. The Kier molecular flexibility index (Phi) is 4.15. The summed E-state index contributed by atoms with van der Waals surface area (Å²) in [6.07, 6.45) is 4.95. The zero-order valence-corrected chi connectivity index (χ0v) is 11.9. The summed E-state index contributed by atoms with van der Waals surface area (Å²) >= 11 is 0. The Bertz CT molecular complexity index is 295. The van der Waals surface area contributed by atoms with E-state index in [1.807, 2.05) is 20.8 Å². The molecule has 1 amide bonds. The summed E-state index contributed by atoms with van der Waals surface area (Å²) in [5.74, 6) is 0.908. The van der Waals surface area contributed by atoms with Gasteiger partial charge in [0.05, 0.1) is 0 Å². The molecule has 1 aliphatic heterocycles. The monoisotopic (exact) mass is 254 g/mol. The number of ether oxygens (including phenoxy) is 1. The van der Waals surface area contributed by atoms with E-state index in [0.29, 0.717) is 0 Å². The fourth-order valence-corrected chi connectivity index (χ4v) is 2.63. The molecule has 1 saturated heterocycles. The van der Waals surface area contributed by atoms with Gasteiger partial charge in [0, 0.05) is 25.7 Å². The molecule has 104 valence electrons. The van der Waals surface area contributed by atoms with E-state index >= 15 is 0 Å². The third kappa shape index (κ3) is 4.16. The normalized spacial score (nSPS) is 25.8. The van der Waals surface area contributed by atoms with Gasteiger partial charge in [0.15, 0.2) is 0 Å². The average Bonchev–Trinajstić information content (AvgIpc) is 2.56. The number of carbonyl (C=O) groups is 1. The lowest BCUT2D eigenvalue weighted by Crippen LogP contribution is -2.41. The highest BCUT2D eigenvalue weighted by Gasteiger charge is 2.28. The molecule has 0 unspecified atom stereocenters. The lowest BCUT2D eigenvalue weighted by Gasteiger charge is -2.30. The second-order valence-corrected chi connectivity index (χ2v) is 6.69. The van der Waals surface area contributed by atoms with Gasteiger partial charge in [-0.1, -0.05) is 6.42 Å². The van der Waals surface area contributed by atoms with Crippen molar-refractivity contribution in [1.82, 2.24) is 10.2 Å². The van der Waals surface area contributed by atoms with Crippen LogP contribution in [0.1, 0.15) is 46.5 Å². The number of rotatable bonds is 3. The fraction of sp³-hybridized carbons (Fsp3) is 0.929. The summed E-state index contributed by atoms with van der Waals surface area (Å²) in [5, 5.41) is 2.97. The van der Waals surface area contributed by atoms with Gasteiger partial charge in [-0.2, -0.15) is 0 Å². The molecule has 1 N–H and O–H groups in total. The largest absolute Gasteiger partial charge is 0.444 e. The minimum atomic E-state index is -0.408. The van der Waals surface area contributed by atoms with Crippen LogP contribution in [-0.4, -0.2) is 42.3 Å². The number of carbonyl (C=O) groups excluding carboxylic acids is 1. The molecule has 1 atom stereocenters. The summed E-state index contributed by atoms with van der Waals surface area (Å²) in [4.78, 5) is 14.1. The third-order valence-electron chi connectivity index (χ3n) is 3.73. The molecule has 18 heavy (non-hydrogen) atoms. The van der Waals surface area contributed by atoms with E-state index in [2.05, 4.69) is 10.2 Å². The maximum atomic E-state index is 11.7. The number of hydrogen-bond donors (Lipinski definition) is 1. The van der Waals surface area contributed by atoms with E-state index in [0.717, 1.165) is 25.4 Å². The molecule has 2 fully saturated rings. The zero-order valence-electron chi connectivity index (χ0n) is 11.9. The Balaban J connectivity index is 1.67. The molecule has 0 aromatic carbocycles. The molecule has 1 heterocycles. The van der Waals surface area contributed by atoms with Crippen LogP contribution in [0, 0.1) is 5.92 Å². The smallest absolute Gasteiger partial charge is 0.407 e. The van der Waals surface area contributed by atoms with Gasteiger partial charge in [0.25, 0.3) is 0 Å². The van der Waals surface area contributed by atoms with Crippen molar-refractivity contribution in [2.75, 3.05) is 19.6 Å². The maximum Gasteiger partial charge on any atom is 0.407 e. The van der Waals surface area contributed by atoms with Crippen LogP contribution in [0.5, 0.6) is 0 Å². The first-order valence-electron chi connectivity index (χ1n) is 7.14. The zero-order chi connectivity index (χ0) is 13.2. The van der Waals surface area contributed by atoms with Crippen molar-refractivity contribution in [1.29, 1.82) is 0 Å². The van der Waals surface area contributed by atoms with Crippen LogP contribution in [0.4, 0.5) is 4.79 Å². The van der Waals surface area contributed by atoms with Gasteiger partial charge in [0.2, 0.25) is 0 Å². The number of nitrogens with one attached hydrogen (secondary N) is 1. The standard InChI is InChI=1S/C14H26N2O2/c1-14(2,3)18-13(17)15-12-7-8-16(10-12)9-11-5-4-6-11/h11-12H,4-10H2,1-3H3,(H,15,17)/t12-/m0/s1. The van der Waals surface area contributed by atoms with Crippen molar-refractivity contribution in [2.45, 2.75) is 58.1 Å². The Morgan fingerprint density at radius 3 is 2.61 bits per heavy atom. The van der Waals surface area contributed by atoms with Crippen molar-refractivity contribution in [3.8, 4) is 0 Å². The average molecular weight is 254 g/mol. The molecule has 4 nitrogen and oxygen atoms in total. The van der Waals surface area contributed by atoms with Gasteiger partial charge in [-0.15, -0.1) is 0 Å². The summed E-state index contributed by atoms with van der Waals surface area (Å²) in [6, 6.07) is 0.264. The van der Waals surface area contributed by atoms with Gasteiger partial charge in [-0.25, -0.2) is 4.79 Å². The predicted octanol–water partition coefficient (Wildman–Crippen LogP) is 2.39. The third-order valence-corrected chi connectivity index (χ3v) is 3.73. The molecule has 1 aliphatic carbocycles. The molecule has 2 rings (SSSR count). The van der Waals surface area contributed by atoms with Crippen molar-refractivity contribution in [3.05, 3.63) is 0 Å². The van der Waals surface area contributed by atoms with Gasteiger partial charge < -0.3 is 15.0 Å². The van der Waals surface area contributed by atoms with E-state index in [1.165, 1.54) is 25.8 Å². The predicted molar refractivity (Wildman–Crippen MR) is 71.6 cm³/mol. The Hall–Kier alpha value is -0.770. The molecular weight excluding hydrogens is 228 g/mol. The topological polar surface area (TPSA) is 41.6 Å². The molecule has 0 radical (unpaired) electrons. The lowest BCUT2D eigenvalue weighted by molar-refractivity contribution is 0.0505. The number of likely N-dealkylation sites (tertiary alicyclic amines) is 1. The SMILES string of the molecule is CC(C)(C)OC(=O)N[C@H]1CCN(CC2CCC2)C1. The minimum Gasteiger partial charge on any atom is -0.444 e.